The van der Waals surface area contributed by atoms with E-state index < -0.39 is 0 Å². The summed E-state index contributed by atoms with van der Waals surface area (Å²) in [5.41, 5.74) is 0. The molecule has 1 aromatic heterocycles. The number of nitrogens with zero attached hydrogens (tertiary/aromatic N) is 3. The van der Waals surface area contributed by atoms with Crippen LogP contribution < -0.4 is 0 Å². The van der Waals surface area contributed by atoms with Crippen LogP contribution in [0.2, 0.25) is 0 Å². The maximum absolute atomic E-state index is 9.41. The van der Waals surface area contributed by atoms with Crippen LogP contribution in [0.4, 0.5) is 0 Å². The fourth-order valence-electron chi connectivity index (χ4n) is 1.78. The average molecular weight is 199 g/mol. The maximum atomic E-state index is 9.41. The molecule has 1 fully saturated rings. The fraction of sp³-hybridized carbons (Fsp3) is 0.750. The number of aliphatic hydroxyl groups is 2. The molecule has 1 aliphatic rings. The summed E-state index contributed by atoms with van der Waals surface area (Å²) in [4.78, 5) is 5.84. The number of likely N-dealkylation sites (tertiary alicyclic amines) is 1. The van der Waals surface area contributed by atoms with E-state index in [1.165, 1.54) is 6.39 Å². The van der Waals surface area contributed by atoms with Crippen LogP contribution in [0.3, 0.4) is 0 Å². The molecule has 0 aliphatic carbocycles. The van der Waals surface area contributed by atoms with Crippen molar-refractivity contribution >= 4 is 0 Å². The van der Waals surface area contributed by atoms with Gasteiger partial charge in [-0.15, -0.1) is 0 Å². The molecule has 2 heterocycles. The monoisotopic (exact) mass is 199 g/mol. The Balaban J connectivity index is 1.97. The van der Waals surface area contributed by atoms with E-state index >= 15 is 0 Å². The van der Waals surface area contributed by atoms with Gasteiger partial charge in [0.15, 0.2) is 5.82 Å². The summed E-state index contributed by atoms with van der Waals surface area (Å²) in [6, 6.07) is 0.00324. The molecule has 0 aromatic carbocycles. The molecule has 0 radical (unpaired) electrons. The summed E-state index contributed by atoms with van der Waals surface area (Å²) in [6.45, 7) is 1.12. The van der Waals surface area contributed by atoms with Gasteiger partial charge in [0.2, 0.25) is 6.39 Å². The number of aliphatic hydroxyl groups excluding tert-OH is 2. The van der Waals surface area contributed by atoms with Gasteiger partial charge in [-0.3, -0.25) is 4.90 Å². The highest BCUT2D eigenvalue weighted by molar-refractivity contribution is 4.88. The van der Waals surface area contributed by atoms with E-state index in [-0.39, 0.29) is 18.8 Å². The van der Waals surface area contributed by atoms with Crippen LogP contribution in [0, 0.1) is 0 Å². The van der Waals surface area contributed by atoms with Gasteiger partial charge in [-0.2, -0.15) is 4.98 Å². The Morgan fingerprint density at radius 2 is 2.50 bits per heavy atom. The van der Waals surface area contributed by atoms with Gasteiger partial charge in [0.05, 0.1) is 19.3 Å². The van der Waals surface area contributed by atoms with Crippen molar-refractivity contribution in [2.45, 2.75) is 25.1 Å². The van der Waals surface area contributed by atoms with E-state index in [4.69, 9.17) is 5.11 Å². The van der Waals surface area contributed by atoms with E-state index in [1.807, 2.05) is 4.90 Å². The van der Waals surface area contributed by atoms with E-state index in [1.54, 1.807) is 0 Å². The first-order chi connectivity index (χ1) is 6.79. The molecule has 2 unspecified atom stereocenters. The van der Waals surface area contributed by atoms with Gasteiger partial charge in [-0.05, 0) is 6.42 Å². The minimum absolute atomic E-state index is 0.00324. The lowest BCUT2D eigenvalue weighted by atomic mass is 10.2. The fourth-order valence-corrected chi connectivity index (χ4v) is 1.78. The van der Waals surface area contributed by atoms with Gasteiger partial charge in [0.25, 0.3) is 0 Å². The highest BCUT2D eigenvalue weighted by atomic mass is 16.5. The van der Waals surface area contributed by atoms with Crippen LogP contribution in [-0.4, -0.2) is 50.6 Å². The van der Waals surface area contributed by atoms with E-state index in [2.05, 4.69) is 14.7 Å². The van der Waals surface area contributed by atoms with Gasteiger partial charge in [-0.25, -0.2) is 0 Å². The lowest BCUT2D eigenvalue weighted by Gasteiger charge is -2.19. The van der Waals surface area contributed by atoms with Gasteiger partial charge in [0, 0.05) is 12.6 Å². The van der Waals surface area contributed by atoms with Crippen molar-refractivity contribution in [1.82, 2.24) is 15.0 Å². The first-order valence-corrected chi connectivity index (χ1v) is 4.58. The molecular formula is C8H13N3O3. The van der Waals surface area contributed by atoms with Crippen LogP contribution in [0.5, 0.6) is 0 Å². The molecule has 0 saturated carbocycles. The molecule has 2 atom stereocenters. The van der Waals surface area contributed by atoms with Gasteiger partial charge in [-0.1, -0.05) is 5.16 Å². The Bertz CT molecular complexity index is 277. The van der Waals surface area contributed by atoms with Gasteiger partial charge in [0.1, 0.15) is 0 Å². The summed E-state index contributed by atoms with van der Waals surface area (Å²) < 4.78 is 4.61. The smallest absolute Gasteiger partial charge is 0.213 e. The molecule has 78 valence electrons. The Morgan fingerprint density at radius 3 is 3.14 bits per heavy atom. The molecule has 0 amide bonds. The molecule has 2 N–H and O–H groups in total. The molecule has 14 heavy (non-hydrogen) atoms. The minimum Gasteiger partial charge on any atom is -0.395 e. The van der Waals surface area contributed by atoms with Gasteiger partial charge < -0.3 is 14.7 Å². The highest BCUT2D eigenvalue weighted by Gasteiger charge is 2.30. The number of hydrogen-bond donors (Lipinski definition) is 2. The lowest BCUT2D eigenvalue weighted by molar-refractivity contribution is 0.146. The van der Waals surface area contributed by atoms with Crippen LogP contribution in [0.25, 0.3) is 0 Å². The average Bonchev–Trinajstić information content (AvgIpc) is 2.76. The molecule has 1 saturated heterocycles. The van der Waals surface area contributed by atoms with E-state index in [0.29, 0.717) is 25.3 Å². The van der Waals surface area contributed by atoms with Crippen LogP contribution in [-0.2, 0) is 6.54 Å². The zero-order valence-electron chi connectivity index (χ0n) is 7.70. The van der Waals surface area contributed by atoms with Crippen molar-refractivity contribution in [2.24, 2.45) is 0 Å². The Kier molecular flexibility index (Phi) is 2.76. The summed E-state index contributed by atoms with van der Waals surface area (Å²) in [7, 11) is 0. The maximum Gasteiger partial charge on any atom is 0.213 e. The molecule has 6 nitrogen and oxygen atoms in total. The number of β-amino-alcohol motifs (C(OH)–C–C–N with tert-alkyl or cyclic N) is 1. The van der Waals surface area contributed by atoms with Crippen molar-refractivity contribution in [3.63, 3.8) is 0 Å². The normalized spacial score (nSPS) is 28.4. The van der Waals surface area contributed by atoms with Crippen molar-refractivity contribution in [1.29, 1.82) is 0 Å². The summed E-state index contributed by atoms with van der Waals surface area (Å²) in [5.74, 6) is 0.581. The molecular weight excluding hydrogens is 186 g/mol. The van der Waals surface area contributed by atoms with Crippen molar-refractivity contribution in [3.05, 3.63) is 12.2 Å². The number of aromatic nitrogens is 2. The third kappa shape index (κ3) is 1.92. The Hall–Kier alpha value is -0.980. The van der Waals surface area contributed by atoms with Crippen LogP contribution in [0.15, 0.2) is 10.9 Å². The topological polar surface area (TPSA) is 82.6 Å². The van der Waals surface area contributed by atoms with E-state index in [0.717, 1.165) is 0 Å². The third-order valence-corrected chi connectivity index (χ3v) is 2.47. The molecule has 1 aromatic rings. The highest BCUT2D eigenvalue weighted by Crippen LogP contribution is 2.18. The predicted molar refractivity (Wildman–Crippen MR) is 46.2 cm³/mol. The Labute approximate surface area is 81.1 Å². The molecule has 2 rings (SSSR count). The third-order valence-electron chi connectivity index (χ3n) is 2.47. The predicted octanol–water partition coefficient (Wildman–Crippen LogP) is -1.00. The van der Waals surface area contributed by atoms with Crippen molar-refractivity contribution in [2.75, 3.05) is 13.2 Å². The van der Waals surface area contributed by atoms with Crippen molar-refractivity contribution in [3.8, 4) is 0 Å². The molecule has 6 heteroatoms. The second-order valence-electron chi connectivity index (χ2n) is 3.50. The summed E-state index contributed by atoms with van der Waals surface area (Å²) in [5, 5.41) is 22.2. The summed E-state index contributed by atoms with van der Waals surface area (Å²) in [6.07, 6.45) is 1.52. The van der Waals surface area contributed by atoms with E-state index in [9.17, 15) is 5.11 Å². The zero-order chi connectivity index (χ0) is 9.97. The minimum atomic E-state index is -0.362. The standard InChI is InChI=1S/C8H13N3O3/c12-4-6-1-7(13)2-11(6)3-8-9-5-14-10-8/h5-7,12-13H,1-4H2. The number of rotatable bonds is 3. The quantitative estimate of drug-likeness (QED) is 0.649. The van der Waals surface area contributed by atoms with Crippen molar-refractivity contribution < 1.29 is 14.7 Å². The van der Waals surface area contributed by atoms with Crippen LogP contribution >= 0.6 is 0 Å². The second kappa shape index (κ2) is 4.04. The second-order valence-corrected chi connectivity index (χ2v) is 3.50. The van der Waals surface area contributed by atoms with Crippen LogP contribution in [0.1, 0.15) is 12.2 Å². The molecule has 0 bridgehead atoms. The summed E-state index contributed by atoms with van der Waals surface area (Å²) >= 11 is 0. The molecule has 1 aliphatic heterocycles. The first kappa shape index (κ1) is 9.57. The Morgan fingerprint density at radius 1 is 1.64 bits per heavy atom. The number of hydrogen-bond acceptors (Lipinski definition) is 6. The molecule has 0 spiro atoms. The lowest BCUT2D eigenvalue weighted by Crippen LogP contribution is -2.32. The van der Waals surface area contributed by atoms with Gasteiger partial charge >= 0.3 is 0 Å². The SMILES string of the molecule is OCC1CC(O)CN1Cc1ncon1. The largest absolute Gasteiger partial charge is 0.395 e. The first-order valence-electron chi connectivity index (χ1n) is 4.58. The zero-order valence-corrected chi connectivity index (χ0v) is 7.70.